The first-order valence-electron chi connectivity index (χ1n) is 9.00. The number of hydrogen-bond acceptors (Lipinski definition) is 7. The molecule has 4 rings (SSSR count). The van der Waals surface area contributed by atoms with E-state index < -0.39 is 22.3 Å². The molecule has 0 amide bonds. The van der Waals surface area contributed by atoms with Gasteiger partial charge in [-0.25, -0.2) is 0 Å². The SMILES string of the molecule is Cc1cc2c(c(=O)n1Cc1ccccc1)[C@H](c1ccc([N+](=O)[O-])o1)C(C#N)=C(N)O2. The Morgan fingerprint density at radius 3 is 2.63 bits per heavy atom. The van der Waals surface area contributed by atoms with Gasteiger partial charge >= 0.3 is 5.88 Å². The second-order valence-electron chi connectivity index (χ2n) is 6.80. The van der Waals surface area contributed by atoms with Crippen LogP contribution in [0.5, 0.6) is 5.75 Å². The third kappa shape index (κ3) is 3.10. The molecule has 0 bridgehead atoms. The minimum absolute atomic E-state index is 0.0426. The van der Waals surface area contributed by atoms with E-state index in [1.807, 2.05) is 36.4 Å². The van der Waals surface area contributed by atoms with Crippen LogP contribution in [0.3, 0.4) is 0 Å². The number of aromatic nitrogens is 1. The summed E-state index contributed by atoms with van der Waals surface area (Å²) in [5.41, 5.74) is 7.18. The molecular weight excluding hydrogens is 388 g/mol. The maximum absolute atomic E-state index is 13.5. The largest absolute Gasteiger partial charge is 0.440 e. The van der Waals surface area contributed by atoms with E-state index >= 15 is 0 Å². The third-order valence-electron chi connectivity index (χ3n) is 4.95. The van der Waals surface area contributed by atoms with Crippen LogP contribution in [-0.4, -0.2) is 9.49 Å². The predicted octanol–water partition coefficient (Wildman–Crippen LogP) is 2.92. The Bertz CT molecular complexity index is 1280. The summed E-state index contributed by atoms with van der Waals surface area (Å²) < 4.78 is 12.4. The zero-order chi connectivity index (χ0) is 21.4. The van der Waals surface area contributed by atoms with Gasteiger partial charge in [-0.3, -0.25) is 14.9 Å². The van der Waals surface area contributed by atoms with Gasteiger partial charge < -0.3 is 19.5 Å². The van der Waals surface area contributed by atoms with Crippen LogP contribution in [0.15, 0.2) is 69.2 Å². The molecule has 1 aromatic carbocycles. The van der Waals surface area contributed by atoms with Crippen LogP contribution in [0.25, 0.3) is 0 Å². The fraction of sp³-hybridized carbons (Fsp3) is 0.143. The van der Waals surface area contributed by atoms with Crippen LogP contribution in [0.1, 0.15) is 28.5 Å². The minimum Gasteiger partial charge on any atom is -0.440 e. The molecule has 0 radical (unpaired) electrons. The highest BCUT2D eigenvalue weighted by Gasteiger charge is 2.37. The van der Waals surface area contributed by atoms with Crippen molar-refractivity contribution in [3.63, 3.8) is 0 Å². The monoisotopic (exact) mass is 404 g/mol. The van der Waals surface area contributed by atoms with Crippen molar-refractivity contribution in [2.45, 2.75) is 19.4 Å². The average Bonchev–Trinajstić information content (AvgIpc) is 3.21. The Labute approximate surface area is 170 Å². The van der Waals surface area contributed by atoms with E-state index in [9.17, 15) is 20.2 Å². The second-order valence-corrected chi connectivity index (χ2v) is 6.80. The van der Waals surface area contributed by atoms with Gasteiger partial charge in [-0.15, -0.1) is 0 Å². The van der Waals surface area contributed by atoms with Gasteiger partial charge in [0, 0.05) is 11.8 Å². The molecule has 0 saturated carbocycles. The number of fused-ring (bicyclic) bond motifs is 1. The van der Waals surface area contributed by atoms with E-state index in [1.54, 1.807) is 17.6 Å². The fourth-order valence-corrected chi connectivity index (χ4v) is 3.53. The molecule has 0 saturated heterocycles. The highest BCUT2D eigenvalue weighted by atomic mass is 16.6. The summed E-state index contributed by atoms with van der Waals surface area (Å²) in [5.74, 6) is -1.41. The average molecular weight is 404 g/mol. The van der Waals surface area contributed by atoms with Crippen molar-refractivity contribution in [1.29, 1.82) is 5.26 Å². The zero-order valence-electron chi connectivity index (χ0n) is 15.9. The first-order valence-corrected chi connectivity index (χ1v) is 9.00. The maximum atomic E-state index is 13.5. The van der Waals surface area contributed by atoms with E-state index in [-0.39, 0.29) is 28.5 Å². The Kier molecular flexibility index (Phi) is 4.60. The second kappa shape index (κ2) is 7.25. The number of hydrogen-bond donors (Lipinski definition) is 1. The number of pyridine rings is 1. The Hall–Kier alpha value is -4.32. The van der Waals surface area contributed by atoms with Gasteiger partial charge in [0.1, 0.15) is 28.1 Å². The minimum atomic E-state index is -1.01. The Morgan fingerprint density at radius 1 is 1.27 bits per heavy atom. The summed E-state index contributed by atoms with van der Waals surface area (Å²) in [7, 11) is 0. The van der Waals surface area contributed by atoms with Crippen LogP contribution in [0, 0.1) is 28.4 Å². The summed E-state index contributed by atoms with van der Waals surface area (Å²) in [6.45, 7) is 2.07. The number of nitrogens with zero attached hydrogens (tertiary/aromatic N) is 3. The third-order valence-corrected chi connectivity index (χ3v) is 4.95. The van der Waals surface area contributed by atoms with Crippen molar-refractivity contribution in [2.24, 2.45) is 5.73 Å². The number of nitrogens with two attached hydrogens (primary N) is 1. The number of nitro groups is 1. The molecule has 0 spiro atoms. The number of nitriles is 1. The van der Waals surface area contributed by atoms with Crippen LogP contribution >= 0.6 is 0 Å². The van der Waals surface area contributed by atoms with Gasteiger partial charge in [-0.2, -0.15) is 5.26 Å². The lowest BCUT2D eigenvalue weighted by Crippen LogP contribution is -2.32. The van der Waals surface area contributed by atoms with E-state index in [4.69, 9.17) is 14.9 Å². The van der Waals surface area contributed by atoms with Gasteiger partial charge in [0.05, 0.1) is 24.1 Å². The lowest BCUT2D eigenvalue weighted by Gasteiger charge is -2.25. The number of rotatable bonds is 4. The lowest BCUT2D eigenvalue weighted by atomic mass is 9.88. The number of benzene rings is 1. The highest BCUT2D eigenvalue weighted by molar-refractivity contribution is 5.54. The van der Waals surface area contributed by atoms with Crippen LogP contribution < -0.4 is 16.0 Å². The van der Waals surface area contributed by atoms with Crippen LogP contribution in [-0.2, 0) is 6.54 Å². The van der Waals surface area contributed by atoms with Gasteiger partial charge in [0.15, 0.2) is 0 Å². The Morgan fingerprint density at radius 2 is 2.00 bits per heavy atom. The number of aryl methyl sites for hydroxylation is 1. The van der Waals surface area contributed by atoms with Crippen molar-refractivity contribution < 1.29 is 14.1 Å². The fourth-order valence-electron chi connectivity index (χ4n) is 3.53. The van der Waals surface area contributed by atoms with E-state index in [0.29, 0.717) is 12.2 Å². The van der Waals surface area contributed by atoms with Gasteiger partial charge in [0.25, 0.3) is 5.56 Å². The Balaban J connectivity index is 1.92. The molecule has 9 heteroatoms. The summed E-state index contributed by atoms with van der Waals surface area (Å²) in [6, 6.07) is 15.6. The molecule has 1 aliphatic rings. The van der Waals surface area contributed by atoms with Crippen LogP contribution in [0.2, 0.25) is 0 Å². The summed E-state index contributed by atoms with van der Waals surface area (Å²) >= 11 is 0. The molecule has 30 heavy (non-hydrogen) atoms. The predicted molar refractivity (Wildman–Crippen MR) is 106 cm³/mol. The molecule has 1 atom stereocenters. The lowest BCUT2D eigenvalue weighted by molar-refractivity contribution is -0.402. The molecule has 1 aliphatic heterocycles. The smallest absolute Gasteiger partial charge is 0.433 e. The van der Waals surface area contributed by atoms with Crippen molar-refractivity contribution in [3.8, 4) is 11.8 Å². The maximum Gasteiger partial charge on any atom is 0.433 e. The summed E-state index contributed by atoms with van der Waals surface area (Å²) in [6.07, 6.45) is 0. The van der Waals surface area contributed by atoms with Gasteiger partial charge in [-0.1, -0.05) is 30.3 Å². The molecule has 9 nitrogen and oxygen atoms in total. The molecule has 3 heterocycles. The quantitative estimate of drug-likeness (QED) is 0.521. The summed E-state index contributed by atoms with van der Waals surface area (Å²) in [4.78, 5) is 23.8. The normalized spacial score (nSPS) is 15.3. The van der Waals surface area contributed by atoms with Crippen molar-refractivity contribution in [3.05, 3.63) is 103 Å². The van der Waals surface area contributed by atoms with Crippen LogP contribution in [0.4, 0.5) is 5.88 Å². The standard InChI is InChI=1S/C21H16N4O5/c1-12-9-16-19(21(26)24(12)11-13-5-3-2-4-6-13)18(14(10-22)20(23)30-16)15-7-8-17(29-15)25(27)28/h2-9,18H,11,23H2,1H3/t18-/m0/s1. The van der Waals surface area contributed by atoms with E-state index in [0.717, 1.165) is 5.56 Å². The molecule has 2 aromatic heterocycles. The first kappa shape index (κ1) is 19.0. The number of ether oxygens (including phenoxy) is 1. The molecule has 0 fully saturated rings. The van der Waals surface area contributed by atoms with E-state index in [1.165, 1.54) is 12.1 Å². The number of furan rings is 1. The molecule has 2 N–H and O–H groups in total. The van der Waals surface area contributed by atoms with Crippen molar-refractivity contribution in [2.75, 3.05) is 0 Å². The molecule has 3 aromatic rings. The molecule has 0 unspecified atom stereocenters. The number of allylic oxidation sites excluding steroid dienone is 1. The van der Waals surface area contributed by atoms with Crippen molar-refractivity contribution in [1.82, 2.24) is 4.57 Å². The zero-order valence-corrected chi connectivity index (χ0v) is 15.9. The van der Waals surface area contributed by atoms with Gasteiger partial charge in [-0.05, 0) is 18.6 Å². The van der Waals surface area contributed by atoms with Crippen molar-refractivity contribution >= 4 is 5.88 Å². The molecule has 0 aliphatic carbocycles. The first-order chi connectivity index (χ1) is 14.4. The van der Waals surface area contributed by atoms with E-state index in [2.05, 4.69) is 0 Å². The van der Waals surface area contributed by atoms with Gasteiger partial charge in [0.2, 0.25) is 5.88 Å². The summed E-state index contributed by atoms with van der Waals surface area (Å²) in [5, 5.41) is 20.7. The molecular formula is C21H16N4O5. The topological polar surface area (TPSA) is 137 Å². The molecule has 150 valence electrons. The highest BCUT2D eigenvalue weighted by Crippen LogP contribution is 2.41.